The summed E-state index contributed by atoms with van der Waals surface area (Å²) < 4.78 is 1.18. The lowest BCUT2D eigenvalue weighted by Crippen LogP contribution is -2.19. The molecule has 0 aromatic heterocycles. The minimum Gasteiger partial charge on any atom is -0.313 e. The molecule has 2 rings (SSSR count). The highest BCUT2D eigenvalue weighted by Crippen LogP contribution is 2.27. The second-order valence-electron chi connectivity index (χ2n) is 5.06. The van der Waals surface area contributed by atoms with Gasteiger partial charge in [-0.25, -0.2) is 0 Å². The van der Waals surface area contributed by atoms with Crippen molar-refractivity contribution in [1.29, 1.82) is 0 Å². The van der Waals surface area contributed by atoms with Gasteiger partial charge in [0.15, 0.2) is 0 Å². The number of hydrogen-bond acceptors (Lipinski definition) is 1. The third-order valence-electron chi connectivity index (χ3n) is 3.40. The third kappa shape index (κ3) is 3.68. The zero-order valence-corrected chi connectivity index (χ0v) is 13.3. The second-order valence-corrected chi connectivity index (χ2v) is 5.91. The van der Waals surface area contributed by atoms with Crippen LogP contribution in [0.4, 0.5) is 0 Å². The van der Waals surface area contributed by atoms with Gasteiger partial charge in [-0.1, -0.05) is 57.9 Å². The maximum atomic E-state index is 3.68. The molecule has 0 saturated heterocycles. The van der Waals surface area contributed by atoms with E-state index in [9.17, 15) is 0 Å². The summed E-state index contributed by atoms with van der Waals surface area (Å²) in [6.45, 7) is 4.25. The third-order valence-corrected chi connectivity index (χ3v) is 4.09. The molecule has 1 atom stereocenters. The first-order chi connectivity index (χ1) is 9.10. The van der Waals surface area contributed by atoms with Gasteiger partial charge >= 0.3 is 0 Å². The molecule has 0 aliphatic rings. The fraction of sp³-hybridized carbons (Fsp3) is 0.294. The predicted molar refractivity (Wildman–Crippen MR) is 85.6 cm³/mol. The van der Waals surface area contributed by atoms with E-state index >= 15 is 0 Å². The van der Waals surface area contributed by atoms with Crippen LogP contribution in [0.5, 0.6) is 0 Å². The Morgan fingerprint density at radius 3 is 2.42 bits per heavy atom. The first-order valence-corrected chi connectivity index (χ1v) is 7.38. The highest BCUT2D eigenvalue weighted by molar-refractivity contribution is 9.10. The summed E-state index contributed by atoms with van der Waals surface area (Å²) in [6.07, 6.45) is 1.000. The molecule has 1 unspecified atom stereocenters. The fourth-order valence-electron chi connectivity index (χ4n) is 2.36. The molecule has 0 saturated carbocycles. The van der Waals surface area contributed by atoms with E-state index in [1.807, 2.05) is 7.05 Å². The lowest BCUT2D eigenvalue weighted by Gasteiger charge is -2.19. The van der Waals surface area contributed by atoms with Gasteiger partial charge in [-0.05, 0) is 50.1 Å². The average Bonchev–Trinajstić information content (AvgIpc) is 2.37. The molecule has 2 aromatic rings. The fourth-order valence-corrected chi connectivity index (χ4v) is 3.13. The van der Waals surface area contributed by atoms with Crippen molar-refractivity contribution >= 4 is 15.9 Å². The summed E-state index contributed by atoms with van der Waals surface area (Å²) in [4.78, 5) is 0. The largest absolute Gasteiger partial charge is 0.313 e. The Morgan fingerprint density at radius 1 is 1.05 bits per heavy atom. The van der Waals surface area contributed by atoms with E-state index in [1.165, 1.54) is 26.7 Å². The Kier molecular flexibility index (Phi) is 4.78. The van der Waals surface area contributed by atoms with Crippen LogP contribution in [0.2, 0.25) is 0 Å². The van der Waals surface area contributed by atoms with Gasteiger partial charge in [0.05, 0.1) is 0 Å². The topological polar surface area (TPSA) is 12.0 Å². The number of aryl methyl sites for hydroxylation is 2. The van der Waals surface area contributed by atoms with Crippen LogP contribution in [0.1, 0.15) is 28.3 Å². The Hall–Kier alpha value is -1.12. The maximum absolute atomic E-state index is 3.68. The lowest BCUT2D eigenvalue weighted by molar-refractivity contribution is 0.589. The van der Waals surface area contributed by atoms with Crippen molar-refractivity contribution in [1.82, 2.24) is 5.32 Å². The molecule has 0 radical (unpaired) electrons. The van der Waals surface area contributed by atoms with Crippen LogP contribution in [-0.2, 0) is 6.42 Å². The first-order valence-electron chi connectivity index (χ1n) is 6.59. The molecule has 2 heteroatoms. The Labute approximate surface area is 124 Å². The first kappa shape index (κ1) is 14.3. The molecule has 2 aromatic carbocycles. The zero-order chi connectivity index (χ0) is 13.8. The molecule has 19 heavy (non-hydrogen) atoms. The summed E-state index contributed by atoms with van der Waals surface area (Å²) in [7, 11) is 2.02. The van der Waals surface area contributed by atoms with Crippen molar-refractivity contribution in [3.05, 3.63) is 69.2 Å². The number of halogens is 1. The van der Waals surface area contributed by atoms with Gasteiger partial charge in [0.1, 0.15) is 0 Å². The van der Waals surface area contributed by atoms with Crippen LogP contribution < -0.4 is 5.32 Å². The van der Waals surface area contributed by atoms with Gasteiger partial charge in [-0.2, -0.15) is 0 Å². The van der Waals surface area contributed by atoms with Crippen molar-refractivity contribution in [2.24, 2.45) is 0 Å². The van der Waals surface area contributed by atoms with E-state index in [2.05, 4.69) is 77.6 Å². The van der Waals surface area contributed by atoms with Gasteiger partial charge in [0.25, 0.3) is 0 Å². The van der Waals surface area contributed by atoms with Crippen LogP contribution in [0.15, 0.2) is 46.9 Å². The quantitative estimate of drug-likeness (QED) is 0.871. The number of benzene rings is 2. The molecular formula is C17H20BrN. The van der Waals surface area contributed by atoms with E-state index in [-0.39, 0.29) is 0 Å². The van der Waals surface area contributed by atoms with Gasteiger partial charge in [0, 0.05) is 10.5 Å². The van der Waals surface area contributed by atoms with Gasteiger partial charge in [-0.3, -0.25) is 0 Å². The van der Waals surface area contributed by atoms with E-state index < -0.39 is 0 Å². The summed E-state index contributed by atoms with van der Waals surface area (Å²) in [6, 6.07) is 15.6. The minimum absolute atomic E-state index is 0.330. The zero-order valence-electron chi connectivity index (χ0n) is 11.7. The van der Waals surface area contributed by atoms with Gasteiger partial charge < -0.3 is 5.32 Å². The van der Waals surface area contributed by atoms with Crippen molar-refractivity contribution in [2.45, 2.75) is 26.3 Å². The van der Waals surface area contributed by atoms with E-state index in [4.69, 9.17) is 0 Å². The average molecular weight is 318 g/mol. The van der Waals surface area contributed by atoms with Gasteiger partial charge in [0.2, 0.25) is 0 Å². The minimum atomic E-state index is 0.330. The Morgan fingerprint density at radius 2 is 1.79 bits per heavy atom. The van der Waals surface area contributed by atoms with Crippen LogP contribution >= 0.6 is 15.9 Å². The Bertz CT molecular complexity index is 563. The van der Waals surface area contributed by atoms with E-state index in [0.717, 1.165) is 6.42 Å². The molecule has 0 heterocycles. The summed E-state index contributed by atoms with van der Waals surface area (Å²) in [5.74, 6) is 0. The SMILES string of the molecule is CNC(Cc1cccc(C)c1)c1ccc(C)cc1Br. The van der Waals surface area contributed by atoms with E-state index in [1.54, 1.807) is 0 Å². The number of rotatable bonds is 4. The highest BCUT2D eigenvalue weighted by atomic mass is 79.9. The van der Waals surface area contributed by atoms with Crippen LogP contribution in [-0.4, -0.2) is 7.05 Å². The van der Waals surface area contributed by atoms with Crippen LogP contribution in [0.3, 0.4) is 0 Å². The maximum Gasteiger partial charge on any atom is 0.0369 e. The Balaban J connectivity index is 2.25. The second kappa shape index (κ2) is 6.36. The molecule has 0 spiro atoms. The highest BCUT2D eigenvalue weighted by Gasteiger charge is 2.13. The molecule has 100 valence electrons. The van der Waals surface area contributed by atoms with E-state index in [0.29, 0.717) is 6.04 Å². The van der Waals surface area contributed by atoms with Crippen molar-refractivity contribution in [3.63, 3.8) is 0 Å². The van der Waals surface area contributed by atoms with Crippen LogP contribution in [0, 0.1) is 13.8 Å². The molecule has 1 nitrogen and oxygen atoms in total. The molecule has 0 amide bonds. The van der Waals surface area contributed by atoms with Crippen molar-refractivity contribution < 1.29 is 0 Å². The summed E-state index contributed by atoms with van der Waals surface area (Å²) in [5, 5.41) is 3.42. The molecule has 0 aliphatic heterocycles. The standard InChI is InChI=1S/C17H20BrN/c1-12-5-4-6-14(9-12)11-17(19-3)15-8-7-13(2)10-16(15)18/h4-10,17,19H,11H2,1-3H3. The molecular weight excluding hydrogens is 298 g/mol. The summed E-state index contributed by atoms with van der Waals surface area (Å²) >= 11 is 3.68. The van der Waals surface area contributed by atoms with Gasteiger partial charge in [-0.15, -0.1) is 0 Å². The number of hydrogen-bond donors (Lipinski definition) is 1. The van der Waals surface area contributed by atoms with Crippen molar-refractivity contribution in [3.8, 4) is 0 Å². The number of nitrogens with one attached hydrogen (secondary N) is 1. The molecule has 0 bridgehead atoms. The smallest absolute Gasteiger partial charge is 0.0369 e. The normalized spacial score (nSPS) is 12.4. The van der Waals surface area contributed by atoms with Crippen LogP contribution in [0.25, 0.3) is 0 Å². The molecule has 0 aliphatic carbocycles. The molecule has 0 fully saturated rings. The lowest BCUT2D eigenvalue weighted by atomic mass is 9.97. The predicted octanol–water partition coefficient (Wildman–Crippen LogP) is 4.57. The van der Waals surface area contributed by atoms with Crippen molar-refractivity contribution in [2.75, 3.05) is 7.05 Å². The monoisotopic (exact) mass is 317 g/mol. The summed E-state index contributed by atoms with van der Waals surface area (Å²) in [5.41, 5.74) is 5.28. The molecule has 1 N–H and O–H groups in total. The number of likely N-dealkylation sites (N-methyl/N-ethyl adjacent to an activating group) is 1.